The highest BCUT2D eigenvalue weighted by atomic mass is 16.5. The Morgan fingerprint density at radius 3 is 2.62 bits per heavy atom. The predicted octanol–water partition coefficient (Wildman–Crippen LogP) is 2.22. The molecule has 0 bridgehead atoms. The summed E-state index contributed by atoms with van der Waals surface area (Å²) in [5.74, 6) is 0.331. The second kappa shape index (κ2) is 8.45. The molecule has 1 aliphatic heterocycles. The molecule has 0 saturated carbocycles. The number of carbonyl (C=O) groups is 1. The third-order valence-electron chi connectivity index (χ3n) is 5.23. The van der Waals surface area contributed by atoms with Crippen LogP contribution in [0.3, 0.4) is 0 Å². The van der Waals surface area contributed by atoms with Gasteiger partial charge in [0.05, 0.1) is 18.2 Å². The first-order valence-electron chi connectivity index (χ1n) is 9.84. The van der Waals surface area contributed by atoms with Gasteiger partial charge in [-0.1, -0.05) is 24.3 Å². The quantitative estimate of drug-likeness (QED) is 0.696. The van der Waals surface area contributed by atoms with E-state index in [4.69, 9.17) is 4.74 Å². The van der Waals surface area contributed by atoms with Gasteiger partial charge >= 0.3 is 0 Å². The molecule has 150 valence electrons. The molecule has 2 heterocycles. The zero-order valence-electron chi connectivity index (χ0n) is 16.4. The van der Waals surface area contributed by atoms with Crippen molar-refractivity contribution < 1.29 is 9.53 Å². The Labute approximate surface area is 168 Å². The van der Waals surface area contributed by atoms with Crippen molar-refractivity contribution in [3.05, 3.63) is 64.6 Å². The number of nitrogens with one attached hydrogen (secondary N) is 1. The number of rotatable bonds is 6. The van der Waals surface area contributed by atoms with Crippen LogP contribution in [0.5, 0.6) is 5.75 Å². The first kappa shape index (κ1) is 19.1. The van der Waals surface area contributed by atoms with Gasteiger partial charge in [0.15, 0.2) is 5.69 Å². The van der Waals surface area contributed by atoms with Crippen molar-refractivity contribution in [2.45, 2.75) is 12.8 Å². The lowest BCUT2D eigenvalue weighted by atomic mass is 10.1. The SMILES string of the molecule is COc1cccc(-n2nc(C(=O)NCCN3CCCC3)c3ccccc3c2=O)c1. The maximum atomic E-state index is 13.0. The molecule has 7 heteroatoms. The third-order valence-corrected chi connectivity index (χ3v) is 5.23. The Balaban J connectivity index is 1.69. The van der Waals surface area contributed by atoms with E-state index in [9.17, 15) is 9.59 Å². The topological polar surface area (TPSA) is 76.5 Å². The number of ether oxygens (including phenoxy) is 1. The lowest BCUT2D eigenvalue weighted by molar-refractivity contribution is 0.0945. The van der Waals surface area contributed by atoms with Crippen molar-refractivity contribution in [1.82, 2.24) is 20.0 Å². The first-order chi connectivity index (χ1) is 14.2. The van der Waals surface area contributed by atoms with Crippen molar-refractivity contribution in [2.75, 3.05) is 33.3 Å². The molecule has 1 fully saturated rings. The average Bonchev–Trinajstić information content (AvgIpc) is 3.27. The molecule has 29 heavy (non-hydrogen) atoms. The van der Waals surface area contributed by atoms with Crippen LogP contribution in [0.1, 0.15) is 23.3 Å². The van der Waals surface area contributed by atoms with Crippen LogP contribution in [-0.2, 0) is 0 Å². The molecule has 1 amide bonds. The molecule has 0 atom stereocenters. The normalized spacial score (nSPS) is 14.2. The van der Waals surface area contributed by atoms with Crippen molar-refractivity contribution in [2.24, 2.45) is 0 Å². The van der Waals surface area contributed by atoms with Gasteiger partial charge in [0.25, 0.3) is 11.5 Å². The second-order valence-corrected chi connectivity index (χ2v) is 7.12. The van der Waals surface area contributed by atoms with Gasteiger partial charge in [0.1, 0.15) is 5.75 Å². The summed E-state index contributed by atoms with van der Waals surface area (Å²) in [5, 5.41) is 8.38. The van der Waals surface area contributed by atoms with E-state index < -0.39 is 0 Å². The molecular weight excluding hydrogens is 368 g/mol. The van der Waals surface area contributed by atoms with E-state index in [2.05, 4.69) is 15.3 Å². The maximum absolute atomic E-state index is 13.0. The minimum Gasteiger partial charge on any atom is -0.497 e. The minimum absolute atomic E-state index is 0.240. The van der Waals surface area contributed by atoms with Gasteiger partial charge in [-0.15, -0.1) is 0 Å². The molecular formula is C22H24N4O3. The Kier molecular flexibility index (Phi) is 5.57. The third kappa shape index (κ3) is 4.00. The van der Waals surface area contributed by atoms with Gasteiger partial charge in [0, 0.05) is 24.5 Å². The molecule has 0 unspecified atom stereocenters. The van der Waals surface area contributed by atoms with E-state index in [0.717, 1.165) is 19.6 Å². The average molecular weight is 392 g/mol. The maximum Gasteiger partial charge on any atom is 0.279 e. The highest BCUT2D eigenvalue weighted by molar-refractivity contribution is 6.04. The van der Waals surface area contributed by atoms with E-state index in [-0.39, 0.29) is 17.2 Å². The predicted molar refractivity (Wildman–Crippen MR) is 112 cm³/mol. The highest BCUT2D eigenvalue weighted by Gasteiger charge is 2.18. The van der Waals surface area contributed by atoms with E-state index >= 15 is 0 Å². The van der Waals surface area contributed by atoms with E-state index in [1.165, 1.54) is 17.5 Å². The Bertz CT molecular complexity index is 1090. The fourth-order valence-electron chi connectivity index (χ4n) is 3.69. The lowest BCUT2D eigenvalue weighted by Gasteiger charge is -2.15. The van der Waals surface area contributed by atoms with Crippen molar-refractivity contribution in [1.29, 1.82) is 0 Å². The molecule has 4 rings (SSSR count). The van der Waals surface area contributed by atoms with Gasteiger partial charge in [0.2, 0.25) is 0 Å². The highest BCUT2D eigenvalue weighted by Crippen LogP contribution is 2.18. The first-order valence-corrected chi connectivity index (χ1v) is 9.84. The molecule has 0 spiro atoms. The smallest absolute Gasteiger partial charge is 0.279 e. The minimum atomic E-state index is -0.281. The molecule has 1 saturated heterocycles. The van der Waals surface area contributed by atoms with E-state index in [1.54, 1.807) is 55.6 Å². The summed E-state index contributed by atoms with van der Waals surface area (Å²) in [7, 11) is 1.56. The Morgan fingerprint density at radius 2 is 1.86 bits per heavy atom. The van der Waals surface area contributed by atoms with Crippen LogP contribution >= 0.6 is 0 Å². The zero-order valence-corrected chi connectivity index (χ0v) is 16.4. The summed E-state index contributed by atoms with van der Waals surface area (Å²) >= 11 is 0. The van der Waals surface area contributed by atoms with Crippen LogP contribution in [-0.4, -0.2) is 53.9 Å². The van der Waals surface area contributed by atoms with Crippen LogP contribution in [0.25, 0.3) is 16.5 Å². The standard InChI is InChI=1S/C22H24N4O3/c1-29-17-8-6-7-16(15-17)26-22(28)19-10-3-2-9-18(19)20(24-26)21(27)23-11-14-25-12-4-5-13-25/h2-3,6-10,15H,4-5,11-14H2,1H3,(H,23,27). The zero-order chi connectivity index (χ0) is 20.2. The van der Waals surface area contributed by atoms with Gasteiger partial charge < -0.3 is 15.0 Å². The van der Waals surface area contributed by atoms with Crippen molar-refractivity contribution in [3.63, 3.8) is 0 Å². The summed E-state index contributed by atoms with van der Waals surface area (Å²) in [5.41, 5.74) is 0.512. The molecule has 0 aliphatic carbocycles. The molecule has 3 aromatic rings. The van der Waals surface area contributed by atoms with Gasteiger partial charge in [-0.25, -0.2) is 0 Å². The number of aromatic nitrogens is 2. The number of hydrogen-bond acceptors (Lipinski definition) is 5. The summed E-state index contributed by atoms with van der Waals surface area (Å²) < 4.78 is 6.52. The fourth-order valence-corrected chi connectivity index (χ4v) is 3.69. The number of likely N-dealkylation sites (tertiary alicyclic amines) is 1. The van der Waals surface area contributed by atoms with Crippen molar-refractivity contribution in [3.8, 4) is 11.4 Å². The largest absolute Gasteiger partial charge is 0.497 e. The number of nitrogens with zero attached hydrogens (tertiary/aromatic N) is 3. The number of amides is 1. The molecule has 2 aromatic carbocycles. The molecule has 7 nitrogen and oxygen atoms in total. The fraction of sp³-hybridized carbons (Fsp3) is 0.318. The number of benzene rings is 2. The number of methoxy groups -OCH3 is 1. The molecule has 1 N–H and O–H groups in total. The van der Waals surface area contributed by atoms with Crippen LogP contribution < -0.4 is 15.6 Å². The number of fused-ring (bicyclic) bond motifs is 1. The number of hydrogen-bond donors (Lipinski definition) is 1. The Hall–Kier alpha value is -3.19. The Morgan fingerprint density at radius 1 is 1.10 bits per heavy atom. The summed E-state index contributed by atoms with van der Waals surface area (Å²) in [4.78, 5) is 28.3. The van der Waals surface area contributed by atoms with Gasteiger partial charge in [-0.2, -0.15) is 9.78 Å². The second-order valence-electron chi connectivity index (χ2n) is 7.12. The van der Waals surface area contributed by atoms with E-state index in [1.807, 2.05) is 0 Å². The van der Waals surface area contributed by atoms with Crippen molar-refractivity contribution >= 4 is 16.7 Å². The molecule has 0 radical (unpaired) electrons. The summed E-state index contributed by atoms with van der Waals surface area (Å²) in [6.45, 7) is 3.53. The summed E-state index contributed by atoms with van der Waals surface area (Å²) in [6.07, 6.45) is 2.43. The molecule has 1 aromatic heterocycles. The van der Waals surface area contributed by atoms with Gasteiger partial charge in [-0.05, 0) is 44.1 Å². The van der Waals surface area contributed by atoms with Crippen LogP contribution in [0.4, 0.5) is 0 Å². The molecule has 1 aliphatic rings. The summed E-state index contributed by atoms with van der Waals surface area (Å²) in [6, 6.07) is 14.1. The lowest BCUT2D eigenvalue weighted by Crippen LogP contribution is -2.35. The monoisotopic (exact) mass is 392 g/mol. The van der Waals surface area contributed by atoms with Crippen LogP contribution in [0, 0.1) is 0 Å². The van der Waals surface area contributed by atoms with Crippen LogP contribution in [0.2, 0.25) is 0 Å². The van der Waals surface area contributed by atoms with E-state index in [0.29, 0.717) is 28.8 Å². The van der Waals surface area contributed by atoms with Crippen LogP contribution in [0.15, 0.2) is 53.3 Å². The number of carbonyl (C=O) groups excluding carboxylic acids is 1. The van der Waals surface area contributed by atoms with Gasteiger partial charge in [-0.3, -0.25) is 9.59 Å².